The van der Waals surface area contributed by atoms with Crippen LogP contribution in [0.5, 0.6) is 5.88 Å². The number of benzene rings is 2. The number of rotatable bonds is 4. The maximum Gasteiger partial charge on any atom is 0.433 e. The first-order valence-electron chi connectivity index (χ1n) is 14.4. The molecule has 0 spiro atoms. The number of fused-ring (bicyclic) bond motifs is 4. The molecule has 10 nitrogen and oxygen atoms in total. The van der Waals surface area contributed by atoms with Crippen LogP contribution < -0.4 is 9.46 Å². The van der Waals surface area contributed by atoms with Crippen molar-refractivity contribution in [3.63, 3.8) is 0 Å². The van der Waals surface area contributed by atoms with Gasteiger partial charge in [-0.1, -0.05) is 45.0 Å². The summed E-state index contributed by atoms with van der Waals surface area (Å²) < 4.78 is 76.2. The molecule has 0 fully saturated rings. The molecule has 242 valence electrons. The average molecular weight is 655 g/mol. The number of aryl methyl sites for hydroxylation is 2. The van der Waals surface area contributed by atoms with Crippen LogP contribution >= 0.6 is 0 Å². The summed E-state index contributed by atoms with van der Waals surface area (Å²) in [4.78, 5) is 31.8. The van der Waals surface area contributed by atoms with Crippen molar-refractivity contribution in [1.29, 1.82) is 0 Å². The number of aromatic nitrogens is 4. The van der Waals surface area contributed by atoms with Crippen LogP contribution in [0.2, 0.25) is 0 Å². The van der Waals surface area contributed by atoms with E-state index in [1.807, 2.05) is 52.8 Å². The Kier molecular flexibility index (Phi) is 8.77. The number of hydrogen-bond donors (Lipinski definition) is 1. The van der Waals surface area contributed by atoms with E-state index in [2.05, 4.69) is 24.7 Å². The van der Waals surface area contributed by atoms with Crippen LogP contribution in [-0.2, 0) is 22.7 Å². The number of nitrogens with zero attached hydrogens (tertiary/aromatic N) is 5. The monoisotopic (exact) mass is 654 g/mol. The Morgan fingerprint density at radius 1 is 0.978 bits per heavy atom. The highest BCUT2D eigenvalue weighted by Crippen LogP contribution is 2.32. The third-order valence-corrected chi connectivity index (χ3v) is 8.66. The molecule has 3 heterocycles. The Labute approximate surface area is 265 Å². The van der Waals surface area contributed by atoms with Crippen molar-refractivity contribution in [1.82, 2.24) is 24.8 Å². The molecule has 1 aliphatic heterocycles. The van der Waals surface area contributed by atoms with E-state index in [1.54, 1.807) is 6.07 Å². The largest absolute Gasteiger partial charge is 0.475 e. The number of sulfonamides is 1. The van der Waals surface area contributed by atoms with E-state index in [1.165, 1.54) is 29.2 Å². The van der Waals surface area contributed by atoms with Crippen molar-refractivity contribution >= 4 is 21.9 Å². The Hall–Kier alpha value is -4.59. The first-order chi connectivity index (χ1) is 21.5. The van der Waals surface area contributed by atoms with E-state index in [9.17, 15) is 26.4 Å². The summed E-state index contributed by atoms with van der Waals surface area (Å²) >= 11 is 0. The summed E-state index contributed by atoms with van der Waals surface area (Å²) in [6.07, 6.45) is -3.37. The molecule has 1 N–H and O–H groups in total. The van der Waals surface area contributed by atoms with E-state index < -0.39 is 40.4 Å². The average Bonchev–Trinajstić information content (AvgIpc) is 2.96. The molecule has 0 saturated carbocycles. The molecule has 4 bridgehead atoms. The van der Waals surface area contributed by atoms with Gasteiger partial charge in [-0.3, -0.25) is 4.79 Å². The number of alkyl halides is 3. The molecule has 46 heavy (non-hydrogen) atoms. The van der Waals surface area contributed by atoms with Gasteiger partial charge < -0.3 is 9.64 Å². The van der Waals surface area contributed by atoms with Crippen molar-refractivity contribution in [3.8, 4) is 17.1 Å². The smallest absolute Gasteiger partial charge is 0.433 e. The van der Waals surface area contributed by atoms with Crippen molar-refractivity contribution in [2.24, 2.45) is 5.41 Å². The predicted molar refractivity (Wildman–Crippen MR) is 164 cm³/mol. The number of carbonyl (C=O) groups is 1. The molecule has 0 radical (unpaired) electrons. The zero-order chi connectivity index (χ0) is 33.4. The van der Waals surface area contributed by atoms with E-state index in [-0.39, 0.29) is 40.1 Å². The SMILES string of the molecule is Cc1cccc(C)c1-c1cc2nc(n1)NS(=O)(=O)c1cccc(c1)C(=O)N(Cc1nccc(C(F)(F)F)n1)[C@H](CC(C)(C)C)CO2. The third-order valence-electron chi connectivity index (χ3n) is 7.34. The predicted octanol–water partition coefficient (Wildman–Crippen LogP) is 6.21. The Morgan fingerprint density at radius 3 is 2.35 bits per heavy atom. The lowest BCUT2D eigenvalue weighted by Crippen LogP contribution is -2.45. The van der Waals surface area contributed by atoms with Crippen LogP contribution in [0.3, 0.4) is 0 Å². The standard InChI is InChI=1S/C32H33F3N6O4S/c1-19-8-6-9-20(2)28(19)24-15-27-39-30(37-24)40-46(43,44)23-11-7-10-21(14-23)29(42)41(22(18-45-27)16-31(3,4)5)17-26-36-13-12-25(38-26)32(33,34)35/h6-15,22H,16-18H2,1-5H3,(H,37,39,40)/t22-/m1/s1. The lowest BCUT2D eigenvalue weighted by atomic mass is 9.87. The van der Waals surface area contributed by atoms with Gasteiger partial charge in [-0.2, -0.15) is 18.2 Å². The lowest BCUT2D eigenvalue weighted by Gasteiger charge is -2.35. The molecule has 14 heteroatoms. The van der Waals surface area contributed by atoms with Crippen LogP contribution in [0, 0.1) is 19.3 Å². The topological polar surface area (TPSA) is 127 Å². The number of hydrogen-bond acceptors (Lipinski definition) is 8. The molecule has 1 amide bonds. The maximum absolute atomic E-state index is 14.2. The summed E-state index contributed by atoms with van der Waals surface area (Å²) in [6.45, 7) is 9.15. The van der Waals surface area contributed by atoms with E-state index in [4.69, 9.17) is 4.74 Å². The van der Waals surface area contributed by atoms with Gasteiger partial charge in [-0.05, 0) is 61.1 Å². The number of amides is 1. The van der Waals surface area contributed by atoms with Gasteiger partial charge in [0.05, 0.1) is 23.2 Å². The van der Waals surface area contributed by atoms with Gasteiger partial charge >= 0.3 is 6.18 Å². The van der Waals surface area contributed by atoms with E-state index in [0.717, 1.165) is 29.0 Å². The number of halogens is 3. The molecule has 2 aromatic heterocycles. The van der Waals surface area contributed by atoms with Crippen molar-refractivity contribution in [3.05, 3.63) is 89.0 Å². The second-order valence-corrected chi connectivity index (χ2v) is 14.0. The number of nitrogens with one attached hydrogen (secondary N) is 1. The number of anilines is 1. The second kappa shape index (κ2) is 12.3. The Bertz CT molecular complexity index is 1870. The minimum Gasteiger partial charge on any atom is -0.475 e. The number of ether oxygens (including phenoxy) is 1. The van der Waals surface area contributed by atoms with E-state index >= 15 is 0 Å². The molecular formula is C32H33F3N6O4S. The summed E-state index contributed by atoms with van der Waals surface area (Å²) in [5, 5.41) is 0. The summed E-state index contributed by atoms with van der Waals surface area (Å²) in [7, 11) is -4.29. The molecule has 1 aliphatic rings. The quantitative estimate of drug-likeness (QED) is 0.275. The van der Waals surface area contributed by atoms with Crippen molar-refractivity contribution in [2.75, 3.05) is 11.3 Å². The molecule has 2 aromatic carbocycles. The zero-order valence-electron chi connectivity index (χ0n) is 25.9. The number of carbonyl (C=O) groups excluding carboxylic acids is 1. The summed E-state index contributed by atoms with van der Waals surface area (Å²) in [5.74, 6) is -1.06. The minimum absolute atomic E-state index is 0.00291. The first kappa shape index (κ1) is 32.8. The molecule has 4 aromatic rings. The minimum atomic E-state index is -4.72. The van der Waals surface area contributed by atoms with Crippen LogP contribution in [-0.4, -0.2) is 51.8 Å². The fourth-order valence-electron chi connectivity index (χ4n) is 5.33. The Balaban J connectivity index is 1.68. The van der Waals surface area contributed by atoms with Gasteiger partial charge in [-0.25, -0.2) is 28.1 Å². The fraction of sp³-hybridized carbons (Fsp3) is 0.344. The summed E-state index contributed by atoms with van der Waals surface area (Å²) in [5.41, 5.74) is 1.45. The van der Waals surface area contributed by atoms with Gasteiger partial charge in [-0.15, -0.1) is 0 Å². The van der Waals surface area contributed by atoms with Crippen LogP contribution in [0.25, 0.3) is 11.3 Å². The van der Waals surface area contributed by atoms with Gasteiger partial charge in [0.1, 0.15) is 18.1 Å². The maximum atomic E-state index is 14.2. The second-order valence-electron chi connectivity index (χ2n) is 12.3. The normalized spacial score (nSPS) is 16.8. The Morgan fingerprint density at radius 2 is 1.67 bits per heavy atom. The highest BCUT2D eigenvalue weighted by Gasteiger charge is 2.35. The van der Waals surface area contributed by atoms with Crippen LogP contribution in [0.4, 0.5) is 19.1 Å². The van der Waals surface area contributed by atoms with Crippen LogP contribution in [0.1, 0.15) is 60.2 Å². The van der Waals surface area contributed by atoms with Crippen molar-refractivity contribution in [2.45, 2.75) is 64.7 Å². The van der Waals surface area contributed by atoms with Gasteiger partial charge in [0, 0.05) is 23.4 Å². The van der Waals surface area contributed by atoms with Crippen molar-refractivity contribution < 1.29 is 31.1 Å². The fourth-order valence-corrected chi connectivity index (χ4v) is 6.32. The molecule has 0 saturated heterocycles. The van der Waals surface area contributed by atoms with Gasteiger partial charge in [0.25, 0.3) is 15.9 Å². The van der Waals surface area contributed by atoms with E-state index in [0.29, 0.717) is 12.1 Å². The van der Waals surface area contributed by atoms with Gasteiger partial charge in [0.15, 0.2) is 0 Å². The van der Waals surface area contributed by atoms with Crippen LogP contribution in [0.15, 0.2) is 65.7 Å². The molecule has 5 rings (SSSR count). The highest BCUT2D eigenvalue weighted by atomic mass is 32.2. The molecular weight excluding hydrogens is 621 g/mol. The van der Waals surface area contributed by atoms with Gasteiger partial charge in [0.2, 0.25) is 11.8 Å². The lowest BCUT2D eigenvalue weighted by molar-refractivity contribution is -0.141. The zero-order valence-corrected chi connectivity index (χ0v) is 26.7. The molecule has 1 atom stereocenters. The first-order valence-corrected chi connectivity index (χ1v) is 15.9. The third kappa shape index (κ3) is 7.44. The summed E-state index contributed by atoms with van der Waals surface area (Å²) in [6, 6.07) is 12.7. The molecule has 0 unspecified atom stereocenters. The highest BCUT2D eigenvalue weighted by molar-refractivity contribution is 7.92. The molecule has 0 aliphatic carbocycles.